The van der Waals surface area contributed by atoms with E-state index >= 15 is 0 Å². The van der Waals surface area contributed by atoms with Crippen molar-refractivity contribution in [2.24, 2.45) is 4.40 Å². The van der Waals surface area contributed by atoms with E-state index in [2.05, 4.69) is 10.3 Å². The number of methoxy groups -OCH3 is 1. The van der Waals surface area contributed by atoms with Gasteiger partial charge in [0.15, 0.2) is 0 Å². The highest BCUT2D eigenvalue weighted by Crippen LogP contribution is 2.24. The van der Waals surface area contributed by atoms with Gasteiger partial charge in [-0.1, -0.05) is 23.3 Å². The number of aromatic nitrogens is 1. The van der Waals surface area contributed by atoms with Crippen molar-refractivity contribution in [1.29, 1.82) is 0 Å². The normalized spacial score (nSPS) is 12.4. The Morgan fingerprint density at radius 3 is 2.87 bits per heavy atom. The summed E-state index contributed by atoms with van der Waals surface area (Å²) in [6.07, 6.45) is 5.41. The number of thiophene rings is 1. The topological polar surface area (TPSA) is 60.7 Å². The molecule has 0 spiro atoms. The van der Waals surface area contributed by atoms with Gasteiger partial charge in [0.25, 0.3) is 10.0 Å². The lowest BCUT2D eigenvalue weighted by Crippen LogP contribution is -2.16. The number of hydrogen-bond acceptors (Lipinski definition) is 5. The highest BCUT2D eigenvalue weighted by molar-refractivity contribution is 7.92. The highest BCUT2D eigenvalue weighted by Gasteiger charge is 2.15. The van der Waals surface area contributed by atoms with Gasteiger partial charge in [-0.25, -0.2) is 0 Å². The van der Waals surface area contributed by atoms with Gasteiger partial charge in [-0.15, -0.1) is 22.2 Å². The van der Waals surface area contributed by atoms with Crippen molar-refractivity contribution in [2.75, 3.05) is 7.11 Å². The zero-order valence-corrected chi connectivity index (χ0v) is 14.5. The average molecular weight is 364 g/mol. The number of benzene rings is 1. The molecule has 3 aromatic rings. The van der Waals surface area contributed by atoms with Crippen LogP contribution in [0.2, 0.25) is 0 Å². The fraction of sp³-hybridized carbons (Fsp3) is 0.133. The summed E-state index contributed by atoms with van der Waals surface area (Å²) in [5, 5.41) is 1.70. The molecule has 0 fully saturated rings. The molecule has 118 valence electrons. The van der Waals surface area contributed by atoms with Crippen molar-refractivity contribution in [3.05, 3.63) is 40.5 Å². The number of rotatable bonds is 4. The summed E-state index contributed by atoms with van der Waals surface area (Å²) >= 11 is 2.40. The van der Waals surface area contributed by atoms with Crippen LogP contribution in [0.4, 0.5) is 0 Å². The predicted octanol–water partition coefficient (Wildman–Crippen LogP) is 2.70. The molecule has 1 aromatic carbocycles. The van der Waals surface area contributed by atoms with E-state index < -0.39 is 10.0 Å². The van der Waals surface area contributed by atoms with E-state index in [0.717, 1.165) is 21.6 Å². The van der Waals surface area contributed by atoms with Gasteiger partial charge in [0.2, 0.25) is 4.80 Å². The van der Waals surface area contributed by atoms with Crippen LogP contribution in [-0.2, 0) is 16.6 Å². The number of thiazole rings is 1. The van der Waals surface area contributed by atoms with E-state index in [0.29, 0.717) is 10.6 Å². The van der Waals surface area contributed by atoms with Crippen LogP contribution in [0.3, 0.4) is 0 Å². The van der Waals surface area contributed by atoms with Crippen molar-refractivity contribution in [3.63, 3.8) is 0 Å². The first kappa shape index (κ1) is 15.8. The van der Waals surface area contributed by atoms with Crippen molar-refractivity contribution >= 4 is 42.9 Å². The molecule has 2 aromatic heterocycles. The Balaban J connectivity index is 2.26. The number of hydrogen-bond donors (Lipinski definition) is 0. The maximum Gasteiger partial charge on any atom is 0.294 e. The summed E-state index contributed by atoms with van der Waals surface area (Å²) < 4.78 is 36.7. The summed E-state index contributed by atoms with van der Waals surface area (Å²) in [5.41, 5.74) is 0.828. The molecule has 0 aliphatic rings. The van der Waals surface area contributed by atoms with Crippen LogP contribution in [0.25, 0.3) is 10.2 Å². The molecule has 0 atom stereocenters. The molecule has 23 heavy (non-hydrogen) atoms. The molecular weight excluding hydrogens is 352 g/mol. The van der Waals surface area contributed by atoms with Crippen LogP contribution >= 0.6 is 22.7 Å². The minimum atomic E-state index is -3.74. The third-order valence-electron chi connectivity index (χ3n) is 3.09. The van der Waals surface area contributed by atoms with Crippen molar-refractivity contribution in [2.45, 2.75) is 10.8 Å². The lowest BCUT2D eigenvalue weighted by Gasteiger charge is -2.01. The summed E-state index contributed by atoms with van der Waals surface area (Å²) in [6.45, 7) is 0.241. The Hall–Kier alpha value is -2.08. The van der Waals surface area contributed by atoms with Gasteiger partial charge in [-0.3, -0.25) is 0 Å². The Morgan fingerprint density at radius 2 is 2.22 bits per heavy atom. The molecule has 8 heteroatoms. The number of ether oxygens (including phenoxy) is 1. The predicted molar refractivity (Wildman–Crippen MR) is 92.3 cm³/mol. The number of fused-ring (bicyclic) bond motifs is 1. The van der Waals surface area contributed by atoms with Crippen LogP contribution in [0, 0.1) is 12.3 Å². The molecule has 0 amide bonds. The van der Waals surface area contributed by atoms with Gasteiger partial charge in [0, 0.05) is 0 Å². The molecule has 5 nitrogen and oxygen atoms in total. The average Bonchev–Trinajstić information content (AvgIpc) is 3.16. The second-order valence-corrected chi connectivity index (χ2v) is 8.29. The second-order valence-electron chi connectivity index (χ2n) is 4.51. The van der Waals surface area contributed by atoms with Crippen LogP contribution in [0.1, 0.15) is 0 Å². The van der Waals surface area contributed by atoms with Crippen LogP contribution in [-0.4, -0.2) is 20.1 Å². The zero-order valence-electron chi connectivity index (χ0n) is 12.1. The molecule has 0 bridgehead atoms. The van der Waals surface area contributed by atoms with Gasteiger partial charge in [-0.2, -0.15) is 8.42 Å². The Bertz CT molecular complexity index is 1050. The molecule has 0 radical (unpaired) electrons. The third-order valence-corrected chi connectivity index (χ3v) is 6.88. The van der Waals surface area contributed by atoms with Gasteiger partial charge < -0.3 is 9.30 Å². The first-order valence-electron chi connectivity index (χ1n) is 6.50. The summed E-state index contributed by atoms with van der Waals surface area (Å²) in [5.74, 6) is 3.23. The molecule has 2 heterocycles. The number of terminal acetylenes is 1. The minimum Gasteiger partial charge on any atom is -0.497 e. The van der Waals surface area contributed by atoms with Crippen molar-refractivity contribution < 1.29 is 13.2 Å². The highest BCUT2D eigenvalue weighted by atomic mass is 32.2. The fourth-order valence-electron chi connectivity index (χ4n) is 2.05. The third kappa shape index (κ3) is 3.03. The minimum absolute atomic E-state index is 0.208. The quantitative estimate of drug-likeness (QED) is 0.669. The van der Waals surface area contributed by atoms with E-state index in [1.807, 2.05) is 12.1 Å². The van der Waals surface area contributed by atoms with Gasteiger partial charge in [0.05, 0.1) is 23.9 Å². The number of sulfonamides is 1. The summed E-state index contributed by atoms with van der Waals surface area (Å²) in [7, 11) is -2.16. The van der Waals surface area contributed by atoms with Crippen LogP contribution < -0.4 is 9.54 Å². The van der Waals surface area contributed by atoms with Crippen LogP contribution in [0.5, 0.6) is 5.75 Å². The fourth-order valence-corrected chi connectivity index (χ4v) is 5.28. The van der Waals surface area contributed by atoms with Crippen molar-refractivity contribution in [1.82, 2.24) is 4.57 Å². The Kier molecular flexibility index (Phi) is 4.26. The molecule has 0 saturated heterocycles. The van der Waals surface area contributed by atoms with Gasteiger partial charge in [0.1, 0.15) is 9.96 Å². The molecule has 3 rings (SSSR count). The Labute approximate surface area is 141 Å². The monoisotopic (exact) mass is 364 g/mol. The SMILES string of the molecule is C#CCn1c(=NS(=O)(=O)c2cccs2)sc2cc(OC)ccc21. The summed E-state index contributed by atoms with van der Waals surface area (Å²) in [4.78, 5) is 0.347. The van der Waals surface area contributed by atoms with E-state index in [9.17, 15) is 8.42 Å². The van der Waals surface area contributed by atoms with E-state index in [1.165, 1.54) is 17.4 Å². The maximum absolute atomic E-state index is 12.4. The second kappa shape index (κ2) is 6.20. The molecule has 0 N–H and O–H groups in total. The van der Waals surface area contributed by atoms with E-state index in [4.69, 9.17) is 11.2 Å². The molecule has 0 saturated carbocycles. The van der Waals surface area contributed by atoms with E-state index in [1.54, 1.807) is 29.2 Å². The lowest BCUT2D eigenvalue weighted by molar-refractivity contribution is 0.415. The molecule has 0 aliphatic heterocycles. The molecular formula is C15H12N2O3S3. The first-order chi connectivity index (χ1) is 11.0. The van der Waals surface area contributed by atoms with Crippen LogP contribution in [0.15, 0.2) is 44.3 Å². The molecule has 0 aliphatic carbocycles. The van der Waals surface area contributed by atoms with E-state index in [-0.39, 0.29) is 10.8 Å². The standard InChI is InChI=1S/C15H12N2O3S3/c1-3-8-17-12-7-6-11(20-2)10-13(12)22-15(17)16-23(18,19)14-5-4-9-21-14/h1,4-7,9-10H,8H2,2H3. The maximum atomic E-state index is 12.4. The number of nitrogens with zero attached hydrogens (tertiary/aromatic N) is 2. The van der Waals surface area contributed by atoms with Crippen molar-refractivity contribution in [3.8, 4) is 18.1 Å². The van der Waals surface area contributed by atoms with Gasteiger partial charge in [-0.05, 0) is 29.6 Å². The smallest absolute Gasteiger partial charge is 0.294 e. The largest absolute Gasteiger partial charge is 0.497 e. The zero-order chi connectivity index (χ0) is 16.4. The first-order valence-corrected chi connectivity index (χ1v) is 9.64. The lowest BCUT2D eigenvalue weighted by atomic mass is 10.3. The van der Waals surface area contributed by atoms with Gasteiger partial charge >= 0.3 is 0 Å². The Morgan fingerprint density at radius 1 is 1.39 bits per heavy atom. The molecule has 0 unspecified atom stereocenters. The summed E-state index contributed by atoms with van der Waals surface area (Å²) in [6, 6.07) is 8.70.